The van der Waals surface area contributed by atoms with Crippen molar-refractivity contribution in [2.75, 3.05) is 13.7 Å². The van der Waals surface area contributed by atoms with E-state index in [1.54, 1.807) is 18.2 Å². The molecule has 1 saturated carbocycles. The Hall–Kier alpha value is -2.96. The normalized spacial score (nSPS) is 16.2. The second-order valence-electron chi connectivity index (χ2n) is 7.65. The van der Waals surface area contributed by atoms with Crippen LogP contribution in [-0.2, 0) is 24.3 Å². The molecular weight excluding hydrogens is 368 g/mol. The molecule has 1 fully saturated rings. The van der Waals surface area contributed by atoms with Gasteiger partial charge in [-0.2, -0.15) is 0 Å². The van der Waals surface area contributed by atoms with Gasteiger partial charge in [-0.25, -0.2) is 4.98 Å². The van der Waals surface area contributed by atoms with E-state index < -0.39 is 0 Å². The largest absolute Gasteiger partial charge is 0.481 e. The SMILES string of the molecule is COc1nc2c(cc1CNC(=O)C1CCCC1)C(=O)N(CCc1ccccn1)C2. The molecular formula is C22H26N4O3. The summed E-state index contributed by atoms with van der Waals surface area (Å²) >= 11 is 0. The van der Waals surface area contributed by atoms with Gasteiger partial charge in [0.2, 0.25) is 11.8 Å². The van der Waals surface area contributed by atoms with Crippen molar-refractivity contribution in [3.05, 3.63) is 53.0 Å². The first-order chi connectivity index (χ1) is 14.2. The Bertz CT molecular complexity index is 894. The summed E-state index contributed by atoms with van der Waals surface area (Å²) in [6.07, 6.45) is 6.59. The molecule has 2 amide bonds. The van der Waals surface area contributed by atoms with Crippen molar-refractivity contribution < 1.29 is 14.3 Å². The summed E-state index contributed by atoms with van der Waals surface area (Å²) in [6.45, 7) is 1.37. The van der Waals surface area contributed by atoms with Crippen LogP contribution in [0.25, 0.3) is 0 Å². The van der Waals surface area contributed by atoms with Crippen LogP contribution in [0.5, 0.6) is 5.88 Å². The number of methoxy groups -OCH3 is 1. The molecule has 3 heterocycles. The standard InChI is InChI=1S/C22H26N4O3/c1-29-21-16(13-24-20(27)15-6-2-3-7-15)12-18-19(25-21)14-26(22(18)28)11-9-17-8-4-5-10-23-17/h4-5,8,10,12,15H,2-3,6-7,9,11,13-14H2,1H3,(H,24,27). The van der Waals surface area contributed by atoms with Crippen molar-refractivity contribution in [2.24, 2.45) is 5.92 Å². The van der Waals surface area contributed by atoms with E-state index in [0.717, 1.165) is 42.6 Å². The van der Waals surface area contributed by atoms with Gasteiger partial charge in [0.25, 0.3) is 5.91 Å². The third-order valence-corrected chi connectivity index (χ3v) is 5.74. The number of hydrogen-bond acceptors (Lipinski definition) is 5. The third kappa shape index (κ3) is 4.23. The zero-order valence-electron chi connectivity index (χ0n) is 16.7. The molecule has 0 radical (unpaired) electrons. The topological polar surface area (TPSA) is 84.4 Å². The number of nitrogens with one attached hydrogen (secondary N) is 1. The molecule has 1 aliphatic carbocycles. The predicted octanol–water partition coefficient (Wildman–Crippen LogP) is 2.49. The van der Waals surface area contributed by atoms with E-state index in [0.29, 0.717) is 37.5 Å². The fraction of sp³-hybridized carbons (Fsp3) is 0.455. The fourth-order valence-corrected chi connectivity index (χ4v) is 4.10. The molecule has 1 aliphatic heterocycles. The average molecular weight is 394 g/mol. The summed E-state index contributed by atoms with van der Waals surface area (Å²) in [6, 6.07) is 7.60. The number of hydrogen-bond donors (Lipinski definition) is 1. The molecule has 0 saturated heterocycles. The fourth-order valence-electron chi connectivity index (χ4n) is 4.10. The average Bonchev–Trinajstić information content (AvgIpc) is 3.39. The molecule has 0 bridgehead atoms. The Balaban J connectivity index is 1.43. The zero-order chi connectivity index (χ0) is 20.2. The zero-order valence-corrected chi connectivity index (χ0v) is 16.7. The Kier molecular flexibility index (Phi) is 5.74. The van der Waals surface area contributed by atoms with Gasteiger partial charge in [0.15, 0.2) is 0 Å². The summed E-state index contributed by atoms with van der Waals surface area (Å²) in [5.74, 6) is 0.616. The highest BCUT2D eigenvalue weighted by Gasteiger charge is 2.30. The van der Waals surface area contributed by atoms with Crippen molar-refractivity contribution in [1.29, 1.82) is 0 Å². The molecule has 0 spiro atoms. The van der Waals surface area contributed by atoms with Crippen LogP contribution in [0, 0.1) is 5.92 Å². The molecule has 2 aromatic rings. The van der Waals surface area contributed by atoms with Crippen molar-refractivity contribution in [3.63, 3.8) is 0 Å². The number of nitrogens with zero attached hydrogens (tertiary/aromatic N) is 3. The highest BCUT2D eigenvalue weighted by atomic mass is 16.5. The van der Waals surface area contributed by atoms with Gasteiger partial charge in [0.1, 0.15) is 0 Å². The Labute approximate surface area is 170 Å². The first-order valence-electron chi connectivity index (χ1n) is 10.2. The Morgan fingerprint density at radius 2 is 2.14 bits per heavy atom. The van der Waals surface area contributed by atoms with Gasteiger partial charge < -0.3 is 15.0 Å². The Morgan fingerprint density at radius 3 is 2.86 bits per heavy atom. The molecule has 7 heteroatoms. The number of aromatic nitrogens is 2. The molecule has 4 rings (SSSR count). The smallest absolute Gasteiger partial charge is 0.256 e. The number of carbonyl (C=O) groups is 2. The third-order valence-electron chi connectivity index (χ3n) is 5.74. The molecule has 0 aromatic carbocycles. The molecule has 152 valence electrons. The molecule has 1 N–H and O–H groups in total. The van der Waals surface area contributed by atoms with Crippen LogP contribution in [0.4, 0.5) is 0 Å². The van der Waals surface area contributed by atoms with Crippen LogP contribution in [0.15, 0.2) is 30.5 Å². The number of fused-ring (bicyclic) bond motifs is 1. The number of pyridine rings is 2. The van der Waals surface area contributed by atoms with Crippen molar-refractivity contribution in [1.82, 2.24) is 20.2 Å². The summed E-state index contributed by atoms with van der Waals surface area (Å²) in [5.41, 5.74) is 3.00. The van der Waals surface area contributed by atoms with Crippen LogP contribution in [-0.4, -0.2) is 40.3 Å². The highest BCUT2D eigenvalue weighted by molar-refractivity contribution is 5.98. The van der Waals surface area contributed by atoms with Crippen molar-refractivity contribution >= 4 is 11.8 Å². The maximum absolute atomic E-state index is 12.9. The van der Waals surface area contributed by atoms with E-state index in [1.807, 2.05) is 24.3 Å². The summed E-state index contributed by atoms with van der Waals surface area (Å²) < 4.78 is 5.43. The van der Waals surface area contributed by atoms with E-state index in [4.69, 9.17) is 4.74 Å². The van der Waals surface area contributed by atoms with Crippen LogP contribution in [0.1, 0.15) is 53.0 Å². The lowest BCUT2D eigenvalue weighted by atomic mass is 10.1. The molecule has 7 nitrogen and oxygen atoms in total. The van der Waals surface area contributed by atoms with Crippen LogP contribution < -0.4 is 10.1 Å². The van der Waals surface area contributed by atoms with Gasteiger partial charge in [-0.15, -0.1) is 0 Å². The molecule has 2 aliphatic rings. The van der Waals surface area contributed by atoms with E-state index in [2.05, 4.69) is 15.3 Å². The lowest BCUT2D eigenvalue weighted by Crippen LogP contribution is -2.29. The lowest BCUT2D eigenvalue weighted by Gasteiger charge is -2.14. The second kappa shape index (κ2) is 8.59. The predicted molar refractivity (Wildman–Crippen MR) is 107 cm³/mol. The number of rotatable bonds is 7. The van der Waals surface area contributed by atoms with E-state index >= 15 is 0 Å². The van der Waals surface area contributed by atoms with Crippen molar-refractivity contribution in [3.8, 4) is 5.88 Å². The maximum atomic E-state index is 12.9. The van der Waals surface area contributed by atoms with Crippen LogP contribution >= 0.6 is 0 Å². The first-order valence-corrected chi connectivity index (χ1v) is 10.2. The molecule has 29 heavy (non-hydrogen) atoms. The summed E-state index contributed by atoms with van der Waals surface area (Å²) in [5, 5.41) is 2.99. The maximum Gasteiger partial charge on any atom is 0.256 e. The first kappa shape index (κ1) is 19.4. The van der Waals surface area contributed by atoms with E-state index in [9.17, 15) is 9.59 Å². The number of carbonyl (C=O) groups excluding carboxylic acids is 2. The van der Waals surface area contributed by atoms with Gasteiger partial charge in [-0.3, -0.25) is 14.6 Å². The lowest BCUT2D eigenvalue weighted by molar-refractivity contribution is -0.124. The van der Waals surface area contributed by atoms with Crippen LogP contribution in [0.3, 0.4) is 0 Å². The van der Waals surface area contributed by atoms with Gasteiger partial charge in [0, 0.05) is 42.9 Å². The van der Waals surface area contributed by atoms with Gasteiger partial charge in [-0.05, 0) is 31.0 Å². The highest BCUT2D eigenvalue weighted by Crippen LogP contribution is 2.28. The minimum absolute atomic E-state index is 0.0329. The number of amides is 2. The second-order valence-corrected chi connectivity index (χ2v) is 7.65. The minimum atomic E-state index is -0.0329. The van der Waals surface area contributed by atoms with E-state index in [1.165, 1.54) is 0 Å². The monoisotopic (exact) mass is 394 g/mol. The quantitative estimate of drug-likeness (QED) is 0.780. The van der Waals surface area contributed by atoms with Gasteiger partial charge >= 0.3 is 0 Å². The Morgan fingerprint density at radius 1 is 1.31 bits per heavy atom. The van der Waals surface area contributed by atoms with Crippen molar-refractivity contribution in [2.45, 2.75) is 45.2 Å². The molecule has 0 unspecified atom stereocenters. The molecule has 0 atom stereocenters. The van der Waals surface area contributed by atoms with E-state index in [-0.39, 0.29) is 17.7 Å². The minimum Gasteiger partial charge on any atom is -0.481 e. The van der Waals surface area contributed by atoms with Gasteiger partial charge in [-0.1, -0.05) is 18.9 Å². The molecule has 2 aromatic heterocycles. The van der Waals surface area contributed by atoms with Gasteiger partial charge in [0.05, 0.1) is 24.9 Å². The summed E-state index contributed by atoms with van der Waals surface area (Å²) in [7, 11) is 1.56. The number of ether oxygens (including phenoxy) is 1. The van der Waals surface area contributed by atoms with Crippen LogP contribution in [0.2, 0.25) is 0 Å². The summed E-state index contributed by atoms with van der Waals surface area (Å²) in [4.78, 5) is 35.8.